The van der Waals surface area contributed by atoms with E-state index in [1.54, 1.807) is 36.4 Å². The molecule has 23 heavy (non-hydrogen) atoms. The Morgan fingerprint density at radius 1 is 1.13 bits per heavy atom. The summed E-state index contributed by atoms with van der Waals surface area (Å²) in [5.41, 5.74) is 2.00. The van der Waals surface area contributed by atoms with Crippen LogP contribution in [-0.4, -0.2) is 25.2 Å². The topological polar surface area (TPSA) is 58.6 Å². The SMILES string of the molecule is O=C(NCc1ccc(F)cc1)c1ccc(N2CCOC2=O)cc1. The van der Waals surface area contributed by atoms with Crippen molar-refractivity contribution >= 4 is 17.7 Å². The van der Waals surface area contributed by atoms with Gasteiger partial charge in [0, 0.05) is 17.8 Å². The number of carbonyl (C=O) groups excluding carboxylic acids is 2. The van der Waals surface area contributed by atoms with Crippen LogP contribution in [0.3, 0.4) is 0 Å². The number of hydrogen-bond donors (Lipinski definition) is 1. The molecule has 118 valence electrons. The summed E-state index contributed by atoms with van der Waals surface area (Å²) in [6.45, 7) is 1.20. The average molecular weight is 314 g/mol. The quantitative estimate of drug-likeness (QED) is 0.944. The third kappa shape index (κ3) is 3.48. The molecule has 1 aliphatic heterocycles. The Bertz CT molecular complexity index is 714. The fourth-order valence-corrected chi connectivity index (χ4v) is 2.31. The minimum Gasteiger partial charge on any atom is -0.447 e. The lowest BCUT2D eigenvalue weighted by Gasteiger charge is -2.13. The van der Waals surface area contributed by atoms with Crippen LogP contribution < -0.4 is 10.2 Å². The molecule has 1 heterocycles. The summed E-state index contributed by atoms with van der Waals surface area (Å²) >= 11 is 0. The number of halogens is 1. The Balaban J connectivity index is 1.61. The summed E-state index contributed by atoms with van der Waals surface area (Å²) in [6.07, 6.45) is -0.376. The molecule has 0 saturated carbocycles. The largest absolute Gasteiger partial charge is 0.447 e. The van der Waals surface area contributed by atoms with Crippen molar-refractivity contribution in [3.05, 3.63) is 65.5 Å². The summed E-state index contributed by atoms with van der Waals surface area (Å²) in [5.74, 6) is -0.541. The number of ether oxygens (including phenoxy) is 1. The van der Waals surface area contributed by atoms with Crippen LogP contribution >= 0.6 is 0 Å². The van der Waals surface area contributed by atoms with E-state index in [1.807, 2.05) is 0 Å². The minimum atomic E-state index is -0.376. The van der Waals surface area contributed by atoms with Crippen molar-refractivity contribution < 1.29 is 18.7 Å². The second-order valence-corrected chi connectivity index (χ2v) is 5.12. The second kappa shape index (κ2) is 6.48. The van der Waals surface area contributed by atoms with Gasteiger partial charge >= 0.3 is 6.09 Å². The summed E-state index contributed by atoms with van der Waals surface area (Å²) < 4.78 is 17.7. The van der Waals surface area contributed by atoms with Crippen molar-refractivity contribution in [2.45, 2.75) is 6.54 Å². The zero-order valence-electron chi connectivity index (χ0n) is 12.3. The van der Waals surface area contributed by atoms with Gasteiger partial charge in [-0.05, 0) is 42.0 Å². The highest BCUT2D eigenvalue weighted by atomic mass is 19.1. The van der Waals surface area contributed by atoms with Gasteiger partial charge in [0.2, 0.25) is 0 Å². The number of nitrogens with one attached hydrogen (secondary N) is 1. The van der Waals surface area contributed by atoms with Gasteiger partial charge in [0.05, 0.1) is 6.54 Å². The number of benzene rings is 2. The minimum absolute atomic E-state index is 0.232. The number of carbonyl (C=O) groups is 2. The summed E-state index contributed by atoms with van der Waals surface area (Å²) in [6, 6.07) is 12.7. The average Bonchev–Trinajstić information content (AvgIpc) is 3.00. The van der Waals surface area contributed by atoms with Gasteiger partial charge in [-0.1, -0.05) is 12.1 Å². The van der Waals surface area contributed by atoms with Crippen molar-refractivity contribution in [2.24, 2.45) is 0 Å². The summed E-state index contributed by atoms with van der Waals surface area (Å²) in [7, 11) is 0. The molecule has 0 aliphatic carbocycles. The predicted molar refractivity (Wildman–Crippen MR) is 82.7 cm³/mol. The molecule has 1 aliphatic rings. The van der Waals surface area contributed by atoms with Crippen LogP contribution in [-0.2, 0) is 11.3 Å². The highest BCUT2D eigenvalue weighted by Gasteiger charge is 2.23. The van der Waals surface area contributed by atoms with E-state index in [0.717, 1.165) is 5.56 Å². The molecule has 2 aromatic carbocycles. The van der Waals surface area contributed by atoms with E-state index in [0.29, 0.717) is 30.9 Å². The lowest BCUT2D eigenvalue weighted by Crippen LogP contribution is -2.24. The molecular weight excluding hydrogens is 299 g/mol. The maximum atomic E-state index is 12.8. The van der Waals surface area contributed by atoms with Crippen LogP contribution in [0.4, 0.5) is 14.9 Å². The van der Waals surface area contributed by atoms with Crippen molar-refractivity contribution in [1.82, 2.24) is 5.32 Å². The number of anilines is 1. The van der Waals surface area contributed by atoms with Crippen LogP contribution in [0, 0.1) is 5.82 Å². The van der Waals surface area contributed by atoms with Crippen LogP contribution in [0.1, 0.15) is 15.9 Å². The fourth-order valence-electron chi connectivity index (χ4n) is 2.31. The smallest absolute Gasteiger partial charge is 0.414 e. The van der Waals surface area contributed by atoms with E-state index in [9.17, 15) is 14.0 Å². The number of cyclic esters (lactones) is 1. The van der Waals surface area contributed by atoms with Gasteiger partial charge in [0.1, 0.15) is 12.4 Å². The monoisotopic (exact) mass is 314 g/mol. The van der Waals surface area contributed by atoms with Crippen LogP contribution in [0.2, 0.25) is 0 Å². The fraction of sp³-hybridized carbons (Fsp3) is 0.176. The first-order valence-electron chi connectivity index (χ1n) is 7.20. The first-order chi connectivity index (χ1) is 11.1. The molecule has 1 fully saturated rings. The highest BCUT2D eigenvalue weighted by molar-refractivity contribution is 5.95. The Labute approximate surface area is 132 Å². The molecular formula is C17H15FN2O3. The number of nitrogens with zero attached hydrogens (tertiary/aromatic N) is 1. The summed E-state index contributed by atoms with van der Waals surface area (Å²) in [4.78, 5) is 25.1. The van der Waals surface area contributed by atoms with Gasteiger partial charge in [-0.25, -0.2) is 9.18 Å². The maximum Gasteiger partial charge on any atom is 0.414 e. The normalized spacial score (nSPS) is 13.8. The van der Waals surface area contributed by atoms with E-state index >= 15 is 0 Å². The maximum absolute atomic E-state index is 12.8. The molecule has 2 amide bonds. The van der Waals surface area contributed by atoms with Crippen molar-refractivity contribution in [3.63, 3.8) is 0 Å². The molecule has 1 saturated heterocycles. The van der Waals surface area contributed by atoms with Gasteiger partial charge in [0.15, 0.2) is 0 Å². The molecule has 3 rings (SSSR count). The molecule has 1 N–H and O–H groups in total. The number of amides is 2. The van der Waals surface area contributed by atoms with Gasteiger partial charge in [-0.15, -0.1) is 0 Å². The molecule has 2 aromatic rings. The molecule has 6 heteroatoms. The molecule has 0 unspecified atom stereocenters. The van der Waals surface area contributed by atoms with E-state index in [-0.39, 0.29) is 17.8 Å². The zero-order valence-corrected chi connectivity index (χ0v) is 12.3. The van der Waals surface area contributed by atoms with Crippen LogP contribution in [0.5, 0.6) is 0 Å². The van der Waals surface area contributed by atoms with Crippen molar-refractivity contribution in [3.8, 4) is 0 Å². The van der Waals surface area contributed by atoms with E-state index < -0.39 is 0 Å². The third-order valence-electron chi connectivity index (χ3n) is 3.57. The second-order valence-electron chi connectivity index (χ2n) is 5.12. The van der Waals surface area contributed by atoms with Crippen LogP contribution in [0.15, 0.2) is 48.5 Å². The number of hydrogen-bond acceptors (Lipinski definition) is 3. The van der Waals surface area contributed by atoms with E-state index in [2.05, 4.69) is 5.32 Å². The molecule has 0 spiro atoms. The summed E-state index contributed by atoms with van der Waals surface area (Å²) in [5, 5.41) is 2.77. The van der Waals surface area contributed by atoms with Gasteiger partial charge in [0.25, 0.3) is 5.91 Å². The zero-order chi connectivity index (χ0) is 16.2. The molecule has 0 radical (unpaired) electrons. The standard InChI is InChI=1S/C17H15FN2O3/c18-14-5-1-12(2-6-14)11-19-16(21)13-3-7-15(8-4-13)20-9-10-23-17(20)22/h1-8H,9-11H2,(H,19,21). The Hall–Kier alpha value is -2.89. The van der Waals surface area contributed by atoms with Gasteiger partial charge < -0.3 is 10.1 Å². The number of rotatable bonds is 4. The Morgan fingerprint density at radius 2 is 1.83 bits per heavy atom. The lowest BCUT2D eigenvalue weighted by atomic mass is 10.1. The first-order valence-corrected chi connectivity index (χ1v) is 7.20. The third-order valence-corrected chi connectivity index (χ3v) is 3.57. The molecule has 0 aromatic heterocycles. The lowest BCUT2D eigenvalue weighted by molar-refractivity contribution is 0.0951. The highest BCUT2D eigenvalue weighted by Crippen LogP contribution is 2.19. The predicted octanol–water partition coefficient (Wildman–Crippen LogP) is 2.71. The van der Waals surface area contributed by atoms with E-state index in [4.69, 9.17) is 4.74 Å². The molecule has 5 nitrogen and oxygen atoms in total. The van der Waals surface area contributed by atoms with Crippen molar-refractivity contribution in [1.29, 1.82) is 0 Å². The van der Waals surface area contributed by atoms with Gasteiger partial charge in [-0.2, -0.15) is 0 Å². The molecule has 0 atom stereocenters. The van der Waals surface area contributed by atoms with Gasteiger partial charge in [-0.3, -0.25) is 9.69 Å². The van der Waals surface area contributed by atoms with E-state index in [1.165, 1.54) is 17.0 Å². The van der Waals surface area contributed by atoms with Crippen molar-refractivity contribution in [2.75, 3.05) is 18.1 Å². The first kappa shape index (κ1) is 15.0. The molecule has 0 bridgehead atoms. The Morgan fingerprint density at radius 3 is 2.43 bits per heavy atom. The van der Waals surface area contributed by atoms with Crippen LogP contribution in [0.25, 0.3) is 0 Å². The Kier molecular flexibility index (Phi) is 4.23.